The SMILES string of the molecule is COc1ccc(CCN2C(=O)[C@@H]3[C@@H](C2=O)C2(Br)c4ccccc4C3(Br)c3ccccc32)cc1OC. The minimum atomic E-state index is -0.759. The summed E-state index contributed by atoms with van der Waals surface area (Å²) in [5.74, 6) is -0.0739. The average molecular weight is 597 g/mol. The molecule has 5 nitrogen and oxygen atoms in total. The van der Waals surface area contributed by atoms with Gasteiger partial charge in [0, 0.05) is 6.54 Å². The third-order valence-corrected chi connectivity index (χ3v) is 10.4. The molecule has 2 amide bonds. The molecule has 35 heavy (non-hydrogen) atoms. The summed E-state index contributed by atoms with van der Waals surface area (Å²) in [6, 6.07) is 21.9. The third kappa shape index (κ3) is 2.85. The van der Waals surface area contributed by atoms with E-state index in [1.54, 1.807) is 14.2 Å². The number of methoxy groups -OCH3 is 2. The second kappa shape index (κ2) is 7.93. The Morgan fingerprint density at radius 2 is 1.20 bits per heavy atom. The van der Waals surface area contributed by atoms with E-state index in [1.807, 2.05) is 42.5 Å². The van der Waals surface area contributed by atoms with Gasteiger partial charge in [0.1, 0.15) is 0 Å². The van der Waals surface area contributed by atoms with Crippen LogP contribution in [0, 0.1) is 11.8 Å². The van der Waals surface area contributed by atoms with Crippen LogP contribution < -0.4 is 9.47 Å². The van der Waals surface area contributed by atoms with Gasteiger partial charge >= 0.3 is 0 Å². The van der Waals surface area contributed by atoms with Crippen molar-refractivity contribution in [3.63, 3.8) is 0 Å². The first-order valence-electron chi connectivity index (χ1n) is 11.5. The number of ether oxygens (including phenoxy) is 2. The molecule has 3 aromatic carbocycles. The number of benzene rings is 3. The zero-order valence-corrected chi connectivity index (χ0v) is 22.4. The number of halogens is 2. The highest BCUT2D eigenvalue weighted by Crippen LogP contribution is 2.70. The number of likely N-dealkylation sites (tertiary alicyclic amines) is 1. The van der Waals surface area contributed by atoms with Crippen LogP contribution in [0.5, 0.6) is 11.5 Å². The minimum absolute atomic E-state index is 0.134. The fourth-order valence-corrected chi connectivity index (χ4v) is 8.53. The van der Waals surface area contributed by atoms with Crippen molar-refractivity contribution in [2.75, 3.05) is 20.8 Å². The van der Waals surface area contributed by atoms with Crippen LogP contribution >= 0.6 is 31.9 Å². The van der Waals surface area contributed by atoms with E-state index in [-0.39, 0.29) is 11.8 Å². The Kier molecular flexibility index (Phi) is 5.17. The van der Waals surface area contributed by atoms with Crippen LogP contribution in [0.4, 0.5) is 0 Å². The van der Waals surface area contributed by atoms with Crippen molar-refractivity contribution in [2.45, 2.75) is 15.1 Å². The summed E-state index contributed by atoms with van der Waals surface area (Å²) >= 11 is 8.07. The van der Waals surface area contributed by atoms with E-state index in [0.29, 0.717) is 24.5 Å². The van der Waals surface area contributed by atoms with E-state index < -0.39 is 20.5 Å². The Hall–Kier alpha value is -2.64. The maximum atomic E-state index is 14.0. The van der Waals surface area contributed by atoms with Crippen LogP contribution in [0.3, 0.4) is 0 Å². The molecule has 2 atom stereocenters. The third-order valence-electron chi connectivity index (χ3n) is 7.75. The number of hydrogen-bond acceptors (Lipinski definition) is 4. The van der Waals surface area contributed by atoms with Crippen molar-refractivity contribution >= 4 is 43.7 Å². The Morgan fingerprint density at radius 1 is 0.743 bits per heavy atom. The molecule has 1 saturated heterocycles. The van der Waals surface area contributed by atoms with Crippen LogP contribution in [-0.2, 0) is 24.7 Å². The lowest BCUT2D eigenvalue weighted by Gasteiger charge is -2.55. The molecule has 1 heterocycles. The van der Waals surface area contributed by atoms with Gasteiger partial charge in [-0.25, -0.2) is 0 Å². The van der Waals surface area contributed by atoms with Crippen molar-refractivity contribution in [2.24, 2.45) is 11.8 Å². The van der Waals surface area contributed by atoms with E-state index in [2.05, 4.69) is 56.1 Å². The molecule has 3 aliphatic carbocycles. The largest absolute Gasteiger partial charge is 0.493 e. The van der Waals surface area contributed by atoms with Crippen LogP contribution in [0.2, 0.25) is 0 Å². The second-order valence-corrected chi connectivity index (χ2v) is 11.7. The number of nitrogens with zero attached hydrogens (tertiary/aromatic N) is 1. The monoisotopic (exact) mass is 595 g/mol. The number of alkyl halides is 2. The van der Waals surface area contributed by atoms with Gasteiger partial charge in [-0.15, -0.1) is 0 Å². The predicted octanol–water partition coefficient (Wildman–Crippen LogP) is 5.15. The van der Waals surface area contributed by atoms with Crippen LogP contribution in [-0.4, -0.2) is 37.5 Å². The molecule has 1 fully saturated rings. The summed E-state index contributed by atoms with van der Waals surface area (Å²) in [6.07, 6.45) is 0.530. The summed E-state index contributed by atoms with van der Waals surface area (Å²) in [6.45, 7) is 0.305. The van der Waals surface area contributed by atoms with E-state index in [0.717, 1.165) is 27.8 Å². The minimum Gasteiger partial charge on any atom is -0.493 e. The summed E-state index contributed by atoms with van der Waals surface area (Å²) in [5, 5.41) is 0. The Balaban J connectivity index is 1.41. The number of amides is 2. The summed E-state index contributed by atoms with van der Waals surface area (Å²) in [7, 11) is 3.19. The normalized spacial score (nSPS) is 27.9. The van der Waals surface area contributed by atoms with E-state index in [1.165, 1.54) is 4.90 Å². The fourth-order valence-electron chi connectivity index (χ4n) is 6.22. The van der Waals surface area contributed by atoms with Gasteiger partial charge in [-0.2, -0.15) is 0 Å². The van der Waals surface area contributed by atoms with E-state index in [4.69, 9.17) is 9.47 Å². The fraction of sp³-hybridized carbons (Fsp3) is 0.286. The van der Waals surface area contributed by atoms with Crippen molar-refractivity contribution in [1.82, 2.24) is 4.90 Å². The van der Waals surface area contributed by atoms with E-state index >= 15 is 0 Å². The molecule has 2 bridgehead atoms. The maximum Gasteiger partial charge on any atom is 0.235 e. The second-order valence-electron chi connectivity index (χ2n) is 9.24. The molecule has 178 valence electrons. The molecule has 7 heteroatoms. The van der Waals surface area contributed by atoms with Gasteiger partial charge in [0.15, 0.2) is 11.5 Å². The molecule has 3 aromatic rings. The molecule has 4 aliphatic rings. The molecule has 0 saturated carbocycles. The molecule has 7 rings (SSSR count). The van der Waals surface area contributed by atoms with Gasteiger partial charge in [-0.1, -0.05) is 86.5 Å². The lowest BCUT2D eigenvalue weighted by molar-refractivity contribution is -0.140. The van der Waals surface area contributed by atoms with Crippen LogP contribution in [0.15, 0.2) is 66.7 Å². The zero-order chi connectivity index (χ0) is 24.5. The lowest BCUT2D eigenvalue weighted by atomic mass is 9.54. The zero-order valence-electron chi connectivity index (χ0n) is 19.3. The van der Waals surface area contributed by atoms with Gasteiger partial charge < -0.3 is 9.47 Å². The van der Waals surface area contributed by atoms with E-state index in [9.17, 15) is 9.59 Å². The molecular weight excluding hydrogens is 574 g/mol. The number of rotatable bonds is 5. The van der Waals surface area contributed by atoms with Crippen molar-refractivity contribution in [3.05, 3.63) is 94.5 Å². The average Bonchev–Trinajstić information content (AvgIpc) is 3.16. The highest BCUT2D eigenvalue weighted by molar-refractivity contribution is 9.10. The predicted molar refractivity (Wildman–Crippen MR) is 139 cm³/mol. The first-order valence-corrected chi connectivity index (χ1v) is 13.1. The van der Waals surface area contributed by atoms with Crippen LogP contribution in [0.1, 0.15) is 27.8 Å². The summed E-state index contributed by atoms with van der Waals surface area (Å²) < 4.78 is 9.23. The Morgan fingerprint density at radius 3 is 1.63 bits per heavy atom. The van der Waals surface area contributed by atoms with Gasteiger partial charge in [0.25, 0.3) is 0 Å². The van der Waals surface area contributed by atoms with Gasteiger partial charge in [-0.05, 0) is 46.4 Å². The molecular formula is C28H23Br2NO4. The quantitative estimate of drug-likeness (QED) is 0.302. The standard InChI is InChI=1S/C28H23Br2NO4/c1-34-21-12-11-16(15-22(21)35-2)13-14-31-25(32)23-24(26(31)33)28(30)18-8-4-3-7-17(18)27(23,29)19-9-5-6-10-20(19)28/h3-12,15,23-24H,13-14H2,1-2H3/t23-,24-,27?,28?/m0/s1. The topological polar surface area (TPSA) is 55.8 Å². The van der Waals surface area contributed by atoms with Gasteiger partial charge in [0.2, 0.25) is 11.8 Å². The molecule has 0 spiro atoms. The number of carbonyl (C=O) groups excluding carboxylic acids is 2. The van der Waals surface area contributed by atoms with Gasteiger partial charge in [-0.3, -0.25) is 14.5 Å². The first kappa shape index (κ1) is 22.8. The first-order chi connectivity index (χ1) is 16.9. The number of carbonyl (C=O) groups is 2. The molecule has 1 aliphatic heterocycles. The summed E-state index contributed by atoms with van der Waals surface area (Å²) in [4.78, 5) is 29.4. The van der Waals surface area contributed by atoms with Crippen molar-refractivity contribution in [1.29, 1.82) is 0 Å². The number of imide groups is 1. The highest BCUT2D eigenvalue weighted by Gasteiger charge is 2.72. The Labute approximate surface area is 220 Å². The van der Waals surface area contributed by atoms with Crippen molar-refractivity contribution in [3.8, 4) is 11.5 Å². The lowest BCUT2D eigenvalue weighted by Crippen LogP contribution is -2.56. The molecule has 0 N–H and O–H groups in total. The molecule has 0 unspecified atom stereocenters. The Bertz CT molecular complexity index is 1270. The maximum absolute atomic E-state index is 14.0. The van der Waals surface area contributed by atoms with Crippen molar-refractivity contribution < 1.29 is 19.1 Å². The smallest absolute Gasteiger partial charge is 0.235 e. The van der Waals surface area contributed by atoms with Gasteiger partial charge in [0.05, 0.1) is 34.7 Å². The molecule has 0 aromatic heterocycles. The number of hydrogen-bond donors (Lipinski definition) is 0. The highest BCUT2D eigenvalue weighted by atomic mass is 79.9. The molecule has 0 radical (unpaired) electrons. The summed E-state index contributed by atoms with van der Waals surface area (Å²) in [5.41, 5.74) is 5.13. The van der Waals surface area contributed by atoms with Crippen LogP contribution in [0.25, 0.3) is 0 Å².